The van der Waals surface area contributed by atoms with E-state index in [-0.39, 0.29) is 28.5 Å². The Hall–Kier alpha value is -2.05. The second kappa shape index (κ2) is 6.59. The molecule has 0 saturated carbocycles. The van der Waals surface area contributed by atoms with Gasteiger partial charge in [-0.2, -0.15) is 0 Å². The first-order valence-corrected chi connectivity index (χ1v) is 9.41. The summed E-state index contributed by atoms with van der Waals surface area (Å²) in [6.45, 7) is 0. The van der Waals surface area contributed by atoms with Crippen LogP contribution in [-0.4, -0.2) is 12.0 Å². The average molecular weight is 436 g/mol. The van der Waals surface area contributed by atoms with Gasteiger partial charge in [0.1, 0.15) is 5.75 Å². The van der Waals surface area contributed by atoms with Gasteiger partial charge in [0.25, 0.3) is 5.69 Å². The van der Waals surface area contributed by atoms with Crippen LogP contribution in [0.25, 0.3) is 0 Å². The van der Waals surface area contributed by atoms with E-state index in [0.29, 0.717) is 16.3 Å². The molecular formula is C19H16BrClN2O3. The Morgan fingerprint density at radius 1 is 1.35 bits per heavy atom. The maximum atomic E-state index is 11.6. The Bertz CT molecular complexity index is 931. The molecule has 1 aliphatic heterocycles. The van der Waals surface area contributed by atoms with Gasteiger partial charge in [0.15, 0.2) is 0 Å². The van der Waals surface area contributed by atoms with Crippen molar-refractivity contribution in [3.8, 4) is 5.75 Å². The Balaban J connectivity index is 1.90. The molecular weight excluding hydrogens is 420 g/mol. The van der Waals surface area contributed by atoms with Gasteiger partial charge in [-0.1, -0.05) is 39.7 Å². The number of nitro groups is 1. The van der Waals surface area contributed by atoms with Crippen molar-refractivity contribution in [3.05, 3.63) is 73.2 Å². The molecule has 0 amide bonds. The standard InChI is InChI=1S/C19H16BrClN2O3/c1-26-16-8-5-10(20)9-13(16)18-12-4-2-3-11(12)17-15(23(24)25)7-6-14(21)19(17)22-18/h2-3,5-9,11-12,18,22H,4H2,1H3/t11-,12-,18-/m1/s1. The van der Waals surface area contributed by atoms with Crippen LogP contribution in [0.4, 0.5) is 11.4 Å². The first-order chi connectivity index (χ1) is 12.5. The van der Waals surface area contributed by atoms with Crippen LogP contribution in [0.1, 0.15) is 29.5 Å². The smallest absolute Gasteiger partial charge is 0.275 e. The predicted octanol–water partition coefficient (Wildman–Crippen LogP) is 5.85. The molecule has 2 aromatic rings. The molecule has 2 aromatic carbocycles. The number of hydrogen-bond donors (Lipinski definition) is 1. The summed E-state index contributed by atoms with van der Waals surface area (Å²) in [5.41, 5.74) is 2.43. The van der Waals surface area contributed by atoms with Crippen LogP contribution in [0, 0.1) is 16.0 Å². The first-order valence-electron chi connectivity index (χ1n) is 8.24. The van der Waals surface area contributed by atoms with Gasteiger partial charge in [-0.3, -0.25) is 10.1 Å². The van der Waals surface area contributed by atoms with Crippen molar-refractivity contribution in [2.45, 2.75) is 18.4 Å². The minimum Gasteiger partial charge on any atom is -0.496 e. The van der Waals surface area contributed by atoms with Gasteiger partial charge < -0.3 is 10.1 Å². The van der Waals surface area contributed by atoms with Crippen LogP contribution in [0.5, 0.6) is 5.75 Å². The lowest BCUT2D eigenvalue weighted by Crippen LogP contribution is -2.30. The summed E-state index contributed by atoms with van der Waals surface area (Å²) >= 11 is 9.94. The van der Waals surface area contributed by atoms with Crippen LogP contribution in [0.15, 0.2) is 47.0 Å². The number of ether oxygens (including phenoxy) is 1. The van der Waals surface area contributed by atoms with Crippen molar-refractivity contribution >= 4 is 38.9 Å². The van der Waals surface area contributed by atoms with Gasteiger partial charge in [-0.15, -0.1) is 0 Å². The first kappa shape index (κ1) is 17.4. The molecule has 0 bridgehead atoms. The van der Waals surface area contributed by atoms with Crippen LogP contribution in [-0.2, 0) is 0 Å². The number of fused-ring (bicyclic) bond motifs is 3. The number of nitrogens with zero attached hydrogens (tertiary/aromatic N) is 1. The Kier molecular flexibility index (Phi) is 4.40. The van der Waals surface area contributed by atoms with E-state index in [1.165, 1.54) is 6.07 Å². The van der Waals surface area contributed by atoms with E-state index in [1.54, 1.807) is 13.2 Å². The number of nitro benzene ring substituents is 1. The van der Waals surface area contributed by atoms with Crippen molar-refractivity contribution in [1.29, 1.82) is 0 Å². The van der Waals surface area contributed by atoms with Crippen molar-refractivity contribution < 1.29 is 9.66 Å². The van der Waals surface area contributed by atoms with E-state index < -0.39 is 0 Å². The maximum absolute atomic E-state index is 11.6. The largest absolute Gasteiger partial charge is 0.496 e. The number of halogens is 2. The highest BCUT2D eigenvalue weighted by Gasteiger charge is 2.43. The minimum absolute atomic E-state index is 0.0564. The quantitative estimate of drug-likeness (QED) is 0.373. The van der Waals surface area contributed by atoms with Crippen LogP contribution < -0.4 is 10.1 Å². The molecule has 0 saturated heterocycles. The lowest BCUT2D eigenvalue weighted by Gasteiger charge is -2.38. The van der Waals surface area contributed by atoms with Crippen LogP contribution in [0.2, 0.25) is 5.02 Å². The van der Waals surface area contributed by atoms with E-state index in [4.69, 9.17) is 16.3 Å². The zero-order chi connectivity index (χ0) is 18.4. The van der Waals surface area contributed by atoms with Crippen molar-refractivity contribution in [2.24, 2.45) is 5.92 Å². The second-order valence-electron chi connectivity index (χ2n) is 6.47. The highest BCUT2D eigenvalue weighted by Crippen LogP contribution is 2.55. The molecule has 2 aliphatic rings. The number of allylic oxidation sites excluding steroid dienone is 2. The third-order valence-corrected chi connectivity index (χ3v) is 5.98. The zero-order valence-corrected chi connectivity index (χ0v) is 16.3. The molecule has 3 atom stereocenters. The van der Waals surface area contributed by atoms with Crippen molar-refractivity contribution in [1.82, 2.24) is 0 Å². The lowest BCUT2D eigenvalue weighted by molar-refractivity contribution is -0.385. The molecule has 0 unspecified atom stereocenters. The summed E-state index contributed by atoms with van der Waals surface area (Å²) in [4.78, 5) is 11.2. The van der Waals surface area contributed by atoms with E-state index in [2.05, 4.69) is 33.4 Å². The number of anilines is 1. The normalized spacial score (nSPS) is 23.1. The van der Waals surface area contributed by atoms with Crippen LogP contribution >= 0.6 is 27.5 Å². The second-order valence-corrected chi connectivity index (χ2v) is 7.80. The van der Waals surface area contributed by atoms with Crippen molar-refractivity contribution in [2.75, 3.05) is 12.4 Å². The summed E-state index contributed by atoms with van der Waals surface area (Å²) in [5.74, 6) is 0.878. The highest BCUT2D eigenvalue weighted by molar-refractivity contribution is 9.10. The highest BCUT2D eigenvalue weighted by atomic mass is 79.9. The van der Waals surface area contributed by atoms with Crippen LogP contribution in [0.3, 0.4) is 0 Å². The molecule has 0 spiro atoms. The van der Waals surface area contributed by atoms with Crippen molar-refractivity contribution in [3.63, 3.8) is 0 Å². The molecule has 1 aliphatic carbocycles. The topological polar surface area (TPSA) is 64.4 Å². The minimum atomic E-state index is -0.333. The number of hydrogen-bond acceptors (Lipinski definition) is 4. The average Bonchev–Trinajstić information content (AvgIpc) is 3.11. The summed E-state index contributed by atoms with van der Waals surface area (Å²) in [7, 11) is 1.64. The van der Waals surface area contributed by atoms with Gasteiger partial charge in [0, 0.05) is 22.0 Å². The Morgan fingerprint density at radius 3 is 2.88 bits per heavy atom. The lowest BCUT2D eigenvalue weighted by atomic mass is 9.76. The monoisotopic (exact) mass is 434 g/mol. The predicted molar refractivity (Wildman–Crippen MR) is 105 cm³/mol. The SMILES string of the molecule is COc1ccc(Br)cc1[C@@H]1Nc2c(Cl)ccc([N+](=O)[O-])c2[C@@H]2C=CC[C@H]21. The fourth-order valence-electron chi connectivity index (χ4n) is 4.07. The molecule has 26 heavy (non-hydrogen) atoms. The summed E-state index contributed by atoms with van der Waals surface area (Å²) in [5, 5.41) is 15.5. The molecule has 0 aromatic heterocycles. The Morgan fingerprint density at radius 2 is 2.15 bits per heavy atom. The zero-order valence-electron chi connectivity index (χ0n) is 13.9. The summed E-state index contributed by atoms with van der Waals surface area (Å²) in [6.07, 6.45) is 4.99. The molecule has 1 N–H and O–H groups in total. The fourth-order valence-corrected chi connectivity index (χ4v) is 4.67. The summed E-state index contributed by atoms with van der Waals surface area (Å²) in [6, 6.07) is 8.90. The van der Waals surface area contributed by atoms with E-state index >= 15 is 0 Å². The molecule has 0 radical (unpaired) electrons. The number of methoxy groups -OCH3 is 1. The van der Waals surface area contributed by atoms with Gasteiger partial charge in [0.05, 0.1) is 34.3 Å². The number of nitrogens with one attached hydrogen (secondary N) is 1. The molecule has 134 valence electrons. The van der Waals surface area contributed by atoms with Gasteiger partial charge in [-0.05, 0) is 36.6 Å². The van der Waals surface area contributed by atoms with Gasteiger partial charge in [0.2, 0.25) is 0 Å². The fraction of sp³-hybridized carbons (Fsp3) is 0.263. The maximum Gasteiger partial charge on any atom is 0.275 e. The van der Waals surface area contributed by atoms with E-state index in [0.717, 1.165) is 22.2 Å². The third-order valence-electron chi connectivity index (χ3n) is 5.17. The van der Waals surface area contributed by atoms with E-state index in [1.807, 2.05) is 18.2 Å². The number of rotatable bonds is 3. The molecule has 4 rings (SSSR count). The molecule has 0 fully saturated rings. The molecule has 1 heterocycles. The third kappa shape index (κ3) is 2.68. The van der Waals surface area contributed by atoms with Gasteiger partial charge >= 0.3 is 0 Å². The van der Waals surface area contributed by atoms with E-state index in [9.17, 15) is 10.1 Å². The summed E-state index contributed by atoms with van der Waals surface area (Å²) < 4.78 is 6.51. The van der Waals surface area contributed by atoms with Gasteiger partial charge in [-0.25, -0.2) is 0 Å². The molecule has 7 heteroatoms. The number of benzene rings is 2. The molecule has 5 nitrogen and oxygen atoms in total. The Labute approximate surface area is 164 Å².